The number of amides is 2. The third-order valence-corrected chi connectivity index (χ3v) is 5.20. The van der Waals surface area contributed by atoms with Crippen molar-refractivity contribution in [1.29, 1.82) is 0 Å². The molecule has 0 unspecified atom stereocenters. The summed E-state index contributed by atoms with van der Waals surface area (Å²) in [5.41, 5.74) is 7.28. The molecule has 2 amide bonds. The molecule has 4 aromatic rings. The molecule has 4 N–H and O–H groups in total. The highest BCUT2D eigenvalue weighted by atomic mass is 19.4. The largest absolute Gasteiger partial charge is 0.419 e. The monoisotopic (exact) mass is 483 g/mol. The third kappa shape index (κ3) is 5.03. The number of aromatic nitrogens is 2. The van der Waals surface area contributed by atoms with Gasteiger partial charge in [-0.05, 0) is 65.9 Å². The Labute approximate surface area is 196 Å². The molecule has 0 aliphatic heterocycles. The summed E-state index contributed by atoms with van der Waals surface area (Å²) < 4.78 is 52.1. The Morgan fingerprint density at radius 2 is 1.71 bits per heavy atom. The van der Waals surface area contributed by atoms with Crippen LogP contribution in [0.4, 0.5) is 34.8 Å². The van der Waals surface area contributed by atoms with E-state index in [1.54, 1.807) is 18.5 Å². The lowest BCUT2D eigenvalue weighted by Gasteiger charge is -2.12. The lowest BCUT2D eigenvalue weighted by Crippen LogP contribution is -2.29. The molecule has 0 fully saturated rings. The molecule has 0 aliphatic carbocycles. The van der Waals surface area contributed by atoms with Gasteiger partial charge in [-0.3, -0.25) is 14.6 Å². The van der Waals surface area contributed by atoms with Gasteiger partial charge in [0.25, 0.3) is 0 Å². The van der Waals surface area contributed by atoms with Crippen molar-refractivity contribution in [2.45, 2.75) is 13.1 Å². The summed E-state index contributed by atoms with van der Waals surface area (Å²) in [4.78, 5) is 32.7. The van der Waals surface area contributed by atoms with Crippen molar-refractivity contribution in [2.24, 2.45) is 0 Å². The molecule has 0 saturated carbocycles. The molecule has 0 aliphatic rings. The molecule has 0 saturated heterocycles. The van der Waals surface area contributed by atoms with Crippen molar-refractivity contribution in [3.05, 3.63) is 78.0 Å². The second-order valence-electron chi connectivity index (χ2n) is 7.65. The molecule has 11 heteroatoms. The zero-order valence-electron chi connectivity index (χ0n) is 18.1. The molecule has 0 radical (unpaired) electrons. The van der Waals surface area contributed by atoms with Crippen molar-refractivity contribution < 1.29 is 27.2 Å². The number of alkyl halides is 3. The summed E-state index contributed by atoms with van der Waals surface area (Å²) >= 11 is 0. The maximum absolute atomic E-state index is 13.4. The normalized spacial score (nSPS) is 11.3. The Balaban J connectivity index is 1.56. The molecular weight excluding hydrogens is 466 g/mol. The van der Waals surface area contributed by atoms with Crippen LogP contribution in [0.3, 0.4) is 0 Å². The van der Waals surface area contributed by atoms with Crippen LogP contribution in [0, 0.1) is 12.7 Å². The number of benzene rings is 2. The van der Waals surface area contributed by atoms with E-state index in [4.69, 9.17) is 5.73 Å². The summed E-state index contributed by atoms with van der Waals surface area (Å²) in [7, 11) is 0. The number of fused-ring (bicyclic) bond motifs is 1. The van der Waals surface area contributed by atoms with Crippen LogP contribution in [0.1, 0.15) is 11.1 Å². The standard InChI is InChI=1S/C24H17F4N5O2/c1-12-4-5-30-10-16(12)13-6-14-8-21(31-11-17(14)20(29)7-13)33-23(35)22(34)32-15-2-3-19(25)18(9-15)24(26,27)28/h2-11H,29H2,1H3,(H,32,34)(H,31,33,35). The highest BCUT2D eigenvalue weighted by Crippen LogP contribution is 2.33. The van der Waals surface area contributed by atoms with Crippen molar-refractivity contribution >= 4 is 39.8 Å². The lowest BCUT2D eigenvalue weighted by atomic mass is 9.99. The second kappa shape index (κ2) is 9.01. The number of rotatable bonds is 3. The number of carbonyl (C=O) groups excluding carboxylic acids is 2. The van der Waals surface area contributed by atoms with Crippen LogP contribution in [0.5, 0.6) is 0 Å². The van der Waals surface area contributed by atoms with Crippen LogP contribution in [0.15, 0.2) is 61.1 Å². The highest BCUT2D eigenvalue weighted by Gasteiger charge is 2.34. The number of halogens is 4. The zero-order valence-corrected chi connectivity index (χ0v) is 18.1. The predicted octanol–water partition coefficient (Wildman–Crippen LogP) is 4.92. The van der Waals surface area contributed by atoms with E-state index in [0.717, 1.165) is 22.8 Å². The van der Waals surface area contributed by atoms with E-state index in [2.05, 4.69) is 15.3 Å². The van der Waals surface area contributed by atoms with Gasteiger partial charge in [0.15, 0.2) is 0 Å². The summed E-state index contributed by atoms with van der Waals surface area (Å²) in [5.74, 6) is -3.92. The molecule has 0 bridgehead atoms. The van der Waals surface area contributed by atoms with Crippen molar-refractivity contribution in [3.63, 3.8) is 0 Å². The minimum Gasteiger partial charge on any atom is -0.398 e. The lowest BCUT2D eigenvalue weighted by molar-refractivity contribution is -0.140. The molecule has 35 heavy (non-hydrogen) atoms. The zero-order chi connectivity index (χ0) is 25.3. The Bertz CT molecular complexity index is 1470. The SMILES string of the molecule is Cc1ccncc1-c1cc(N)c2cnc(NC(=O)C(=O)Nc3ccc(F)c(C(F)(F)F)c3)cc2c1. The van der Waals surface area contributed by atoms with Gasteiger partial charge in [-0.25, -0.2) is 9.37 Å². The minimum absolute atomic E-state index is 0.0206. The maximum atomic E-state index is 13.4. The molecule has 0 spiro atoms. The number of nitrogens with two attached hydrogens (primary N) is 1. The van der Waals surface area contributed by atoms with Gasteiger partial charge >= 0.3 is 18.0 Å². The fourth-order valence-electron chi connectivity index (χ4n) is 3.46. The van der Waals surface area contributed by atoms with Crippen LogP contribution >= 0.6 is 0 Å². The van der Waals surface area contributed by atoms with Crippen LogP contribution < -0.4 is 16.4 Å². The number of hydrogen-bond donors (Lipinski definition) is 3. The minimum atomic E-state index is -4.96. The molecular formula is C24H17F4N5O2. The van der Waals surface area contributed by atoms with E-state index in [9.17, 15) is 27.2 Å². The fourth-order valence-corrected chi connectivity index (χ4v) is 3.46. The van der Waals surface area contributed by atoms with Gasteiger partial charge in [-0.15, -0.1) is 0 Å². The first-order valence-corrected chi connectivity index (χ1v) is 10.1. The second-order valence-corrected chi connectivity index (χ2v) is 7.65. The molecule has 178 valence electrons. The van der Waals surface area contributed by atoms with E-state index < -0.39 is 35.1 Å². The smallest absolute Gasteiger partial charge is 0.398 e. The Morgan fingerprint density at radius 3 is 2.43 bits per heavy atom. The van der Waals surface area contributed by atoms with E-state index in [1.807, 2.05) is 24.4 Å². The van der Waals surface area contributed by atoms with Gasteiger partial charge in [-0.2, -0.15) is 13.2 Å². The summed E-state index contributed by atoms with van der Waals surface area (Å²) in [6.45, 7) is 1.92. The summed E-state index contributed by atoms with van der Waals surface area (Å²) in [6, 6.07) is 8.82. The predicted molar refractivity (Wildman–Crippen MR) is 123 cm³/mol. The molecule has 0 atom stereocenters. The quantitative estimate of drug-likeness (QED) is 0.218. The van der Waals surface area contributed by atoms with Gasteiger partial charge in [-0.1, -0.05) is 0 Å². The van der Waals surface area contributed by atoms with Gasteiger partial charge in [0.1, 0.15) is 11.6 Å². The first kappa shape index (κ1) is 23.6. The van der Waals surface area contributed by atoms with E-state index >= 15 is 0 Å². The topological polar surface area (TPSA) is 110 Å². The van der Waals surface area contributed by atoms with E-state index in [0.29, 0.717) is 28.6 Å². The first-order chi connectivity index (χ1) is 16.5. The first-order valence-electron chi connectivity index (χ1n) is 10.1. The molecule has 7 nitrogen and oxygen atoms in total. The number of carbonyl (C=O) groups is 2. The maximum Gasteiger partial charge on any atom is 0.419 e. The average Bonchev–Trinajstić information content (AvgIpc) is 2.79. The number of hydrogen-bond acceptors (Lipinski definition) is 5. The fraction of sp³-hybridized carbons (Fsp3) is 0.0833. The summed E-state index contributed by atoms with van der Waals surface area (Å²) in [6.07, 6.45) is -0.170. The molecule has 2 aromatic heterocycles. The Morgan fingerprint density at radius 1 is 0.971 bits per heavy atom. The molecule has 2 heterocycles. The van der Waals surface area contributed by atoms with Crippen LogP contribution in [-0.4, -0.2) is 21.8 Å². The van der Waals surface area contributed by atoms with Crippen molar-refractivity contribution in [2.75, 3.05) is 16.4 Å². The number of aryl methyl sites for hydroxylation is 1. The van der Waals surface area contributed by atoms with Gasteiger partial charge in [0.2, 0.25) is 0 Å². The van der Waals surface area contributed by atoms with Crippen molar-refractivity contribution in [3.8, 4) is 11.1 Å². The van der Waals surface area contributed by atoms with Gasteiger partial charge < -0.3 is 16.4 Å². The van der Waals surface area contributed by atoms with E-state index in [1.165, 1.54) is 12.3 Å². The average molecular weight is 483 g/mol. The number of nitrogens with zero attached hydrogens (tertiary/aromatic N) is 2. The molecule has 4 rings (SSSR count). The van der Waals surface area contributed by atoms with Crippen LogP contribution in [-0.2, 0) is 15.8 Å². The highest BCUT2D eigenvalue weighted by molar-refractivity contribution is 6.43. The summed E-state index contributed by atoms with van der Waals surface area (Å²) in [5, 5.41) is 5.54. The van der Waals surface area contributed by atoms with E-state index in [-0.39, 0.29) is 5.82 Å². The van der Waals surface area contributed by atoms with Crippen LogP contribution in [0.25, 0.3) is 21.9 Å². The Hall–Kier alpha value is -4.54. The number of nitrogen functional groups attached to an aromatic ring is 1. The van der Waals surface area contributed by atoms with Gasteiger partial charge in [0, 0.05) is 40.9 Å². The number of nitrogens with one attached hydrogen (secondary N) is 2. The van der Waals surface area contributed by atoms with Crippen LogP contribution in [0.2, 0.25) is 0 Å². The van der Waals surface area contributed by atoms with Gasteiger partial charge in [0.05, 0.1) is 5.56 Å². The third-order valence-electron chi connectivity index (χ3n) is 5.20. The Kier molecular flexibility index (Phi) is 6.08. The molecule has 2 aromatic carbocycles. The number of pyridine rings is 2. The number of anilines is 3. The van der Waals surface area contributed by atoms with Crippen molar-refractivity contribution in [1.82, 2.24) is 9.97 Å².